The molecular weight excluding hydrogens is 334 g/mol. The van der Waals surface area contributed by atoms with Gasteiger partial charge in [0.15, 0.2) is 0 Å². The van der Waals surface area contributed by atoms with E-state index in [1.165, 1.54) is 17.4 Å². The normalized spacial score (nSPS) is 17.9. The summed E-state index contributed by atoms with van der Waals surface area (Å²) in [5.74, 6) is 0.647. The number of hydrogen-bond donors (Lipinski definition) is 2. The van der Waals surface area contributed by atoms with Gasteiger partial charge >= 0.3 is 0 Å². The van der Waals surface area contributed by atoms with Gasteiger partial charge in [-0.1, -0.05) is 13.8 Å². The first-order valence-corrected chi connectivity index (χ1v) is 9.53. The van der Waals surface area contributed by atoms with E-state index in [1.807, 2.05) is 13.0 Å². The van der Waals surface area contributed by atoms with Crippen molar-refractivity contribution in [1.82, 2.24) is 19.5 Å². The summed E-state index contributed by atoms with van der Waals surface area (Å²) in [4.78, 5) is 24.5. The molecule has 0 aliphatic heterocycles. The molecule has 25 heavy (non-hydrogen) atoms. The van der Waals surface area contributed by atoms with Gasteiger partial charge in [0.25, 0.3) is 5.91 Å². The first kappa shape index (κ1) is 16.3. The van der Waals surface area contributed by atoms with Crippen LogP contribution in [0.15, 0.2) is 18.6 Å². The van der Waals surface area contributed by atoms with Crippen LogP contribution in [0.25, 0.3) is 10.3 Å². The molecule has 0 saturated heterocycles. The Hall–Kier alpha value is -2.15. The number of thiazole rings is 1. The van der Waals surface area contributed by atoms with E-state index >= 15 is 0 Å². The Morgan fingerprint density at radius 3 is 2.88 bits per heavy atom. The van der Waals surface area contributed by atoms with Crippen LogP contribution in [-0.4, -0.2) is 31.5 Å². The van der Waals surface area contributed by atoms with E-state index in [0.717, 1.165) is 34.0 Å². The summed E-state index contributed by atoms with van der Waals surface area (Å²) in [7, 11) is 0. The van der Waals surface area contributed by atoms with Gasteiger partial charge in [-0.3, -0.25) is 9.36 Å². The van der Waals surface area contributed by atoms with Crippen molar-refractivity contribution in [3.8, 4) is 0 Å². The summed E-state index contributed by atoms with van der Waals surface area (Å²) in [6.45, 7) is 6.61. The molecule has 4 rings (SSSR count). The van der Waals surface area contributed by atoms with Crippen LogP contribution in [0.3, 0.4) is 0 Å². The quantitative estimate of drug-likeness (QED) is 0.737. The molecule has 0 atom stereocenters. The van der Waals surface area contributed by atoms with Crippen molar-refractivity contribution >= 4 is 33.4 Å². The SMILES string of the molecule is Cc1nc2[nH]c(C(=O)n3cnc(NC4CCC(C)(C)CC4)c3)cc2s1. The lowest BCUT2D eigenvalue weighted by Gasteiger charge is -2.34. The third kappa shape index (κ3) is 3.33. The highest BCUT2D eigenvalue weighted by Gasteiger charge is 2.27. The molecule has 3 aromatic rings. The molecule has 0 bridgehead atoms. The van der Waals surface area contributed by atoms with Gasteiger partial charge in [0, 0.05) is 6.04 Å². The molecule has 132 valence electrons. The monoisotopic (exact) mass is 357 g/mol. The molecular formula is C18H23N5OS. The number of aryl methyl sites for hydroxylation is 1. The highest BCUT2D eigenvalue weighted by molar-refractivity contribution is 7.18. The topological polar surface area (TPSA) is 75.6 Å². The van der Waals surface area contributed by atoms with Crippen LogP contribution in [0, 0.1) is 12.3 Å². The van der Waals surface area contributed by atoms with Gasteiger partial charge in [-0.15, -0.1) is 11.3 Å². The Balaban J connectivity index is 1.45. The Labute approximate surface area is 150 Å². The molecule has 1 fully saturated rings. The highest BCUT2D eigenvalue weighted by Crippen LogP contribution is 2.35. The minimum atomic E-state index is -0.117. The lowest BCUT2D eigenvalue weighted by atomic mass is 9.75. The van der Waals surface area contributed by atoms with Crippen LogP contribution in [0.5, 0.6) is 0 Å². The Bertz CT molecular complexity index is 878. The van der Waals surface area contributed by atoms with Gasteiger partial charge in [0.1, 0.15) is 23.5 Å². The van der Waals surface area contributed by atoms with Gasteiger partial charge in [-0.05, 0) is 44.1 Å². The standard InChI is InChI=1S/C18H23N5OS/c1-11-20-16-14(25-11)8-13(22-16)17(24)23-9-15(19-10-23)21-12-4-6-18(2,3)7-5-12/h8-10,12,21-22H,4-7H2,1-3H3. The van der Waals surface area contributed by atoms with Crippen molar-refractivity contribution < 1.29 is 4.79 Å². The van der Waals surface area contributed by atoms with Crippen LogP contribution < -0.4 is 5.32 Å². The molecule has 1 aliphatic carbocycles. The number of H-pyrrole nitrogens is 1. The fourth-order valence-electron chi connectivity index (χ4n) is 3.44. The van der Waals surface area contributed by atoms with Crippen LogP contribution >= 0.6 is 11.3 Å². The maximum Gasteiger partial charge on any atom is 0.279 e. The zero-order valence-corrected chi connectivity index (χ0v) is 15.6. The van der Waals surface area contributed by atoms with Crippen molar-refractivity contribution in [2.45, 2.75) is 52.5 Å². The number of aromatic amines is 1. The molecule has 7 heteroatoms. The first-order valence-electron chi connectivity index (χ1n) is 8.71. The molecule has 3 aromatic heterocycles. The average Bonchev–Trinajstić information content (AvgIpc) is 3.23. The number of fused-ring (bicyclic) bond motifs is 1. The summed E-state index contributed by atoms with van der Waals surface area (Å²) in [5, 5.41) is 4.46. The first-order chi connectivity index (χ1) is 11.9. The number of carbonyl (C=O) groups excluding carboxylic acids is 1. The minimum absolute atomic E-state index is 0.117. The lowest BCUT2D eigenvalue weighted by Crippen LogP contribution is -2.29. The number of imidazole rings is 1. The van der Waals surface area contributed by atoms with Gasteiger partial charge in [-0.25, -0.2) is 9.97 Å². The maximum absolute atomic E-state index is 12.6. The second-order valence-corrected chi connectivity index (χ2v) is 8.92. The fourth-order valence-corrected chi connectivity index (χ4v) is 4.27. The van der Waals surface area contributed by atoms with Gasteiger partial charge in [0.2, 0.25) is 0 Å². The molecule has 0 aromatic carbocycles. The number of aromatic nitrogens is 4. The Morgan fingerprint density at radius 2 is 2.16 bits per heavy atom. The van der Waals surface area contributed by atoms with Gasteiger partial charge in [0.05, 0.1) is 15.9 Å². The predicted octanol–water partition coefficient (Wildman–Crippen LogP) is 4.20. The van der Waals surface area contributed by atoms with Gasteiger partial charge in [-0.2, -0.15) is 0 Å². The van der Waals surface area contributed by atoms with Crippen molar-refractivity contribution in [2.24, 2.45) is 5.41 Å². The molecule has 0 amide bonds. The van der Waals surface area contributed by atoms with Crippen LogP contribution in [0.2, 0.25) is 0 Å². The minimum Gasteiger partial charge on any atom is -0.366 e. The van der Waals surface area contributed by atoms with Crippen molar-refractivity contribution in [3.63, 3.8) is 0 Å². The van der Waals surface area contributed by atoms with Gasteiger partial charge < -0.3 is 10.3 Å². The number of hydrogen-bond acceptors (Lipinski definition) is 5. The molecule has 1 aliphatic rings. The van der Waals surface area contributed by atoms with E-state index in [-0.39, 0.29) is 5.91 Å². The number of anilines is 1. The van der Waals surface area contributed by atoms with Crippen molar-refractivity contribution in [3.05, 3.63) is 29.3 Å². The molecule has 0 radical (unpaired) electrons. The molecule has 6 nitrogen and oxygen atoms in total. The molecule has 1 saturated carbocycles. The molecule has 0 unspecified atom stereocenters. The number of carbonyl (C=O) groups is 1. The van der Waals surface area contributed by atoms with Crippen LogP contribution in [0.4, 0.5) is 5.82 Å². The van der Waals surface area contributed by atoms with E-state index < -0.39 is 0 Å². The summed E-state index contributed by atoms with van der Waals surface area (Å²) in [6.07, 6.45) is 8.07. The molecule has 0 spiro atoms. The van der Waals surface area contributed by atoms with E-state index in [0.29, 0.717) is 17.2 Å². The molecule has 2 N–H and O–H groups in total. The van der Waals surface area contributed by atoms with Crippen LogP contribution in [-0.2, 0) is 0 Å². The Kier molecular flexibility index (Phi) is 3.91. The number of nitrogens with zero attached hydrogens (tertiary/aromatic N) is 3. The van der Waals surface area contributed by atoms with Crippen molar-refractivity contribution in [1.29, 1.82) is 0 Å². The largest absolute Gasteiger partial charge is 0.366 e. The fraction of sp³-hybridized carbons (Fsp3) is 0.500. The van der Waals surface area contributed by atoms with E-state index in [1.54, 1.807) is 23.9 Å². The molecule has 3 heterocycles. The summed E-state index contributed by atoms with van der Waals surface area (Å²) >= 11 is 1.58. The summed E-state index contributed by atoms with van der Waals surface area (Å²) in [5.41, 5.74) is 1.76. The lowest BCUT2D eigenvalue weighted by molar-refractivity contribution is 0.0955. The third-order valence-electron chi connectivity index (χ3n) is 5.03. The van der Waals surface area contributed by atoms with Crippen molar-refractivity contribution in [2.75, 3.05) is 5.32 Å². The number of nitrogens with one attached hydrogen (secondary N) is 2. The Morgan fingerprint density at radius 1 is 1.40 bits per heavy atom. The second kappa shape index (κ2) is 5.98. The predicted molar refractivity (Wildman–Crippen MR) is 100 cm³/mol. The van der Waals surface area contributed by atoms with E-state index in [4.69, 9.17) is 0 Å². The number of rotatable bonds is 3. The third-order valence-corrected chi connectivity index (χ3v) is 5.95. The average molecular weight is 357 g/mol. The van der Waals surface area contributed by atoms with Crippen LogP contribution in [0.1, 0.15) is 55.0 Å². The maximum atomic E-state index is 12.6. The smallest absolute Gasteiger partial charge is 0.279 e. The summed E-state index contributed by atoms with van der Waals surface area (Å²) < 4.78 is 2.53. The second-order valence-electron chi connectivity index (χ2n) is 7.68. The zero-order valence-electron chi connectivity index (χ0n) is 14.8. The summed E-state index contributed by atoms with van der Waals surface area (Å²) in [6, 6.07) is 2.30. The van der Waals surface area contributed by atoms with E-state index in [2.05, 4.69) is 34.1 Å². The highest BCUT2D eigenvalue weighted by atomic mass is 32.1. The van der Waals surface area contributed by atoms with E-state index in [9.17, 15) is 4.79 Å². The zero-order chi connectivity index (χ0) is 17.6.